The lowest BCUT2D eigenvalue weighted by molar-refractivity contribution is -0.0512. The van der Waals surface area contributed by atoms with Crippen molar-refractivity contribution in [3.05, 3.63) is 54.1 Å². The predicted molar refractivity (Wildman–Crippen MR) is 81.9 cm³/mol. The van der Waals surface area contributed by atoms with Crippen LogP contribution in [0.1, 0.15) is 10.4 Å². The number of hydrogen-bond donors (Lipinski definition) is 1. The Morgan fingerprint density at radius 3 is 2.43 bits per heavy atom. The number of halogens is 2. The average Bonchev–Trinajstić information content (AvgIpc) is 2.55. The summed E-state index contributed by atoms with van der Waals surface area (Å²) in [6, 6.07) is 13.2. The zero-order chi connectivity index (χ0) is 16.8. The fourth-order valence-electron chi connectivity index (χ4n) is 1.94. The number of anilines is 1. The SMILES string of the molecule is COc1cc(C(=O)NN(C)c2ccccc2)ccc1OC(F)F. The van der Waals surface area contributed by atoms with Gasteiger partial charge in [-0.3, -0.25) is 15.2 Å². The molecule has 1 N–H and O–H groups in total. The number of methoxy groups -OCH3 is 1. The van der Waals surface area contributed by atoms with Gasteiger partial charge in [-0.15, -0.1) is 0 Å². The summed E-state index contributed by atoms with van der Waals surface area (Å²) in [4.78, 5) is 12.2. The monoisotopic (exact) mass is 322 g/mol. The number of benzene rings is 2. The number of carbonyl (C=O) groups is 1. The molecule has 0 bridgehead atoms. The molecular formula is C16H16F2N2O3. The third-order valence-corrected chi connectivity index (χ3v) is 3.05. The van der Waals surface area contributed by atoms with E-state index < -0.39 is 12.5 Å². The molecule has 0 saturated heterocycles. The number of ether oxygens (including phenoxy) is 2. The number of carbonyl (C=O) groups excluding carboxylic acids is 1. The van der Waals surface area contributed by atoms with Crippen LogP contribution in [0.4, 0.5) is 14.5 Å². The molecule has 0 radical (unpaired) electrons. The minimum atomic E-state index is -2.97. The van der Waals surface area contributed by atoms with Crippen molar-refractivity contribution in [2.45, 2.75) is 6.61 Å². The summed E-state index contributed by atoms with van der Waals surface area (Å²) in [5.41, 5.74) is 3.73. The van der Waals surface area contributed by atoms with Crippen LogP contribution in [0.25, 0.3) is 0 Å². The molecule has 2 aromatic rings. The van der Waals surface area contributed by atoms with Gasteiger partial charge in [-0.25, -0.2) is 0 Å². The van der Waals surface area contributed by atoms with Gasteiger partial charge < -0.3 is 9.47 Å². The Hall–Kier alpha value is -2.83. The van der Waals surface area contributed by atoms with Crippen LogP contribution < -0.4 is 19.9 Å². The number of hydrazine groups is 1. The maximum absolute atomic E-state index is 12.3. The van der Waals surface area contributed by atoms with Gasteiger partial charge in [0, 0.05) is 12.6 Å². The van der Waals surface area contributed by atoms with Crippen molar-refractivity contribution in [3.63, 3.8) is 0 Å². The molecule has 1 amide bonds. The Morgan fingerprint density at radius 2 is 1.83 bits per heavy atom. The van der Waals surface area contributed by atoms with E-state index in [-0.39, 0.29) is 17.1 Å². The van der Waals surface area contributed by atoms with Crippen LogP contribution in [0.2, 0.25) is 0 Å². The molecule has 0 unspecified atom stereocenters. The van der Waals surface area contributed by atoms with E-state index in [1.54, 1.807) is 12.1 Å². The lowest BCUT2D eigenvalue weighted by Crippen LogP contribution is -2.39. The second-order valence-corrected chi connectivity index (χ2v) is 4.58. The van der Waals surface area contributed by atoms with Crippen molar-refractivity contribution in [1.29, 1.82) is 0 Å². The Labute approximate surface area is 132 Å². The first-order valence-corrected chi connectivity index (χ1v) is 6.74. The molecule has 122 valence electrons. The van der Waals surface area contributed by atoms with Gasteiger partial charge >= 0.3 is 6.61 Å². The summed E-state index contributed by atoms with van der Waals surface area (Å²) in [6.07, 6.45) is 0. The molecule has 0 heterocycles. The molecule has 0 atom stereocenters. The number of hydrogen-bond acceptors (Lipinski definition) is 4. The number of para-hydroxylation sites is 1. The second-order valence-electron chi connectivity index (χ2n) is 4.58. The first-order valence-electron chi connectivity index (χ1n) is 6.74. The molecule has 2 aromatic carbocycles. The van der Waals surface area contributed by atoms with Gasteiger partial charge in [0.15, 0.2) is 11.5 Å². The topological polar surface area (TPSA) is 50.8 Å². The summed E-state index contributed by atoms with van der Waals surface area (Å²) in [5.74, 6) is -0.478. The van der Waals surface area contributed by atoms with E-state index in [9.17, 15) is 13.6 Å². The van der Waals surface area contributed by atoms with Crippen LogP contribution in [-0.4, -0.2) is 26.7 Å². The predicted octanol–water partition coefficient (Wildman–Crippen LogP) is 3.08. The molecule has 0 saturated carbocycles. The number of rotatable bonds is 6. The highest BCUT2D eigenvalue weighted by Gasteiger charge is 2.15. The molecule has 0 spiro atoms. The summed E-state index contributed by atoms with van der Waals surface area (Å²) in [6.45, 7) is -2.97. The van der Waals surface area contributed by atoms with Gasteiger partial charge in [0.1, 0.15) is 0 Å². The normalized spacial score (nSPS) is 10.3. The van der Waals surface area contributed by atoms with Crippen LogP contribution >= 0.6 is 0 Å². The third-order valence-electron chi connectivity index (χ3n) is 3.05. The van der Waals surface area contributed by atoms with Crippen molar-refractivity contribution in [3.8, 4) is 11.5 Å². The Bertz CT molecular complexity index is 666. The highest BCUT2D eigenvalue weighted by molar-refractivity contribution is 5.95. The van der Waals surface area contributed by atoms with E-state index in [4.69, 9.17) is 4.74 Å². The molecule has 0 aromatic heterocycles. The van der Waals surface area contributed by atoms with E-state index in [0.717, 1.165) is 5.69 Å². The Morgan fingerprint density at radius 1 is 1.13 bits per heavy atom. The largest absolute Gasteiger partial charge is 0.493 e. The molecule has 0 aliphatic carbocycles. The molecule has 7 heteroatoms. The first kappa shape index (κ1) is 16.5. The van der Waals surface area contributed by atoms with Crippen LogP contribution in [0.5, 0.6) is 11.5 Å². The van der Waals surface area contributed by atoms with Crippen LogP contribution in [0.15, 0.2) is 48.5 Å². The van der Waals surface area contributed by atoms with Crippen molar-refractivity contribution in [2.75, 3.05) is 19.2 Å². The fourth-order valence-corrected chi connectivity index (χ4v) is 1.94. The van der Waals surface area contributed by atoms with Crippen LogP contribution in [-0.2, 0) is 0 Å². The number of nitrogens with zero attached hydrogens (tertiary/aromatic N) is 1. The standard InChI is InChI=1S/C16H16F2N2O3/c1-20(12-6-4-3-5-7-12)19-15(21)11-8-9-13(23-16(17)18)14(10-11)22-2/h3-10,16H,1-2H3,(H,19,21). The maximum Gasteiger partial charge on any atom is 0.387 e. The summed E-state index contributed by atoms with van der Waals surface area (Å²) < 4.78 is 33.9. The van der Waals surface area contributed by atoms with E-state index >= 15 is 0 Å². The fraction of sp³-hybridized carbons (Fsp3) is 0.188. The van der Waals surface area contributed by atoms with Crippen LogP contribution in [0, 0.1) is 0 Å². The number of nitrogens with one attached hydrogen (secondary N) is 1. The van der Waals surface area contributed by atoms with Crippen molar-refractivity contribution in [2.24, 2.45) is 0 Å². The van der Waals surface area contributed by atoms with E-state index in [2.05, 4.69) is 10.2 Å². The van der Waals surface area contributed by atoms with Gasteiger partial charge in [0.25, 0.3) is 5.91 Å². The van der Waals surface area contributed by atoms with Crippen LogP contribution in [0.3, 0.4) is 0 Å². The molecule has 0 fully saturated rings. The zero-order valence-electron chi connectivity index (χ0n) is 12.6. The van der Waals surface area contributed by atoms with E-state index in [1.807, 2.05) is 30.3 Å². The van der Waals surface area contributed by atoms with E-state index in [0.29, 0.717) is 0 Å². The molecule has 5 nitrogen and oxygen atoms in total. The molecule has 23 heavy (non-hydrogen) atoms. The lowest BCUT2D eigenvalue weighted by atomic mass is 10.2. The highest BCUT2D eigenvalue weighted by Crippen LogP contribution is 2.29. The quantitative estimate of drug-likeness (QED) is 0.831. The number of alkyl halides is 2. The average molecular weight is 322 g/mol. The van der Waals surface area contributed by atoms with Gasteiger partial charge in [0.2, 0.25) is 0 Å². The molecule has 0 aliphatic rings. The highest BCUT2D eigenvalue weighted by atomic mass is 19.3. The zero-order valence-corrected chi connectivity index (χ0v) is 12.6. The van der Waals surface area contributed by atoms with E-state index in [1.165, 1.54) is 25.3 Å². The minimum absolute atomic E-state index is 0.0558. The van der Waals surface area contributed by atoms with Gasteiger partial charge in [0.05, 0.1) is 12.8 Å². The first-order chi connectivity index (χ1) is 11.0. The number of amides is 1. The smallest absolute Gasteiger partial charge is 0.387 e. The summed E-state index contributed by atoms with van der Waals surface area (Å²) in [5, 5.41) is 1.55. The van der Waals surface area contributed by atoms with Crippen molar-refractivity contribution >= 4 is 11.6 Å². The van der Waals surface area contributed by atoms with Gasteiger partial charge in [-0.1, -0.05) is 18.2 Å². The molecule has 2 rings (SSSR count). The Kier molecular flexibility index (Phi) is 5.35. The van der Waals surface area contributed by atoms with Crippen molar-refractivity contribution < 1.29 is 23.0 Å². The lowest BCUT2D eigenvalue weighted by Gasteiger charge is -2.20. The third kappa shape index (κ3) is 4.32. The summed E-state index contributed by atoms with van der Waals surface area (Å²) in [7, 11) is 3.00. The maximum atomic E-state index is 12.3. The Balaban J connectivity index is 2.13. The second kappa shape index (κ2) is 7.44. The van der Waals surface area contributed by atoms with Crippen molar-refractivity contribution in [1.82, 2.24) is 5.43 Å². The van der Waals surface area contributed by atoms with Gasteiger partial charge in [-0.2, -0.15) is 8.78 Å². The molecular weight excluding hydrogens is 306 g/mol. The summed E-state index contributed by atoms with van der Waals surface area (Å²) >= 11 is 0. The molecule has 0 aliphatic heterocycles. The minimum Gasteiger partial charge on any atom is -0.493 e. The van der Waals surface area contributed by atoms with Gasteiger partial charge in [-0.05, 0) is 30.3 Å².